The normalized spacial score (nSPS) is 12.0. The van der Waals surface area contributed by atoms with Crippen LogP contribution in [0.2, 0.25) is 0 Å². The number of rotatable bonds is 9. The molecule has 0 aliphatic carbocycles. The molecule has 33 heavy (non-hydrogen) atoms. The van der Waals surface area contributed by atoms with Crippen molar-refractivity contribution in [3.8, 4) is 11.5 Å². The van der Waals surface area contributed by atoms with Crippen LogP contribution in [0.25, 0.3) is 0 Å². The molecule has 3 aromatic rings. The van der Waals surface area contributed by atoms with Crippen molar-refractivity contribution in [3.05, 3.63) is 89.5 Å². The SMILES string of the molecule is COc1ccc(N(CC(=O)N[C@@H](c2ccccc2)c2ccc(C)cc2)S(C)(=O)=O)c(OC)c1. The van der Waals surface area contributed by atoms with E-state index in [2.05, 4.69) is 5.32 Å². The van der Waals surface area contributed by atoms with E-state index in [-0.39, 0.29) is 11.4 Å². The van der Waals surface area contributed by atoms with Gasteiger partial charge in [0.2, 0.25) is 15.9 Å². The second-order valence-corrected chi connectivity index (χ2v) is 9.54. The maximum Gasteiger partial charge on any atom is 0.241 e. The Hall–Kier alpha value is -3.52. The number of anilines is 1. The van der Waals surface area contributed by atoms with E-state index >= 15 is 0 Å². The number of carbonyl (C=O) groups excluding carboxylic acids is 1. The minimum Gasteiger partial charge on any atom is -0.497 e. The van der Waals surface area contributed by atoms with E-state index < -0.39 is 28.5 Å². The molecule has 0 saturated carbocycles. The highest BCUT2D eigenvalue weighted by atomic mass is 32.2. The van der Waals surface area contributed by atoms with E-state index in [4.69, 9.17) is 9.47 Å². The van der Waals surface area contributed by atoms with Gasteiger partial charge in [-0.15, -0.1) is 0 Å². The first-order valence-corrected chi connectivity index (χ1v) is 12.2. The Morgan fingerprint density at radius 3 is 2.15 bits per heavy atom. The van der Waals surface area contributed by atoms with Crippen LogP contribution in [0.3, 0.4) is 0 Å². The molecule has 0 aromatic heterocycles. The average molecular weight is 469 g/mol. The maximum atomic E-state index is 13.1. The van der Waals surface area contributed by atoms with Gasteiger partial charge in [0.15, 0.2) is 0 Å². The molecule has 0 unspecified atom stereocenters. The zero-order valence-corrected chi connectivity index (χ0v) is 19.9. The third kappa shape index (κ3) is 6.04. The number of methoxy groups -OCH3 is 2. The summed E-state index contributed by atoms with van der Waals surface area (Å²) in [5.41, 5.74) is 3.14. The van der Waals surface area contributed by atoms with Gasteiger partial charge in [0, 0.05) is 6.07 Å². The minimum absolute atomic E-state index is 0.252. The summed E-state index contributed by atoms with van der Waals surface area (Å²) < 4.78 is 36.8. The van der Waals surface area contributed by atoms with E-state index in [0.29, 0.717) is 5.75 Å². The summed E-state index contributed by atoms with van der Waals surface area (Å²) in [7, 11) is -0.847. The van der Waals surface area contributed by atoms with Gasteiger partial charge in [-0.05, 0) is 30.2 Å². The zero-order valence-electron chi connectivity index (χ0n) is 19.1. The molecule has 3 rings (SSSR count). The number of amides is 1. The van der Waals surface area contributed by atoms with Crippen molar-refractivity contribution in [2.24, 2.45) is 0 Å². The second kappa shape index (κ2) is 10.4. The zero-order chi connectivity index (χ0) is 24.0. The highest BCUT2D eigenvalue weighted by Crippen LogP contribution is 2.33. The lowest BCUT2D eigenvalue weighted by Crippen LogP contribution is -2.42. The number of carbonyl (C=O) groups is 1. The molecular weight excluding hydrogens is 440 g/mol. The van der Waals surface area contributed by atoms with Crippen LogP contribution in [0.5, 0.6) is 11.5 Å². The van der Waals surface area contributed by atoms with Crippen molar-refractivity contribution in [1.82, 2.24) is 5.32 Å². The summed E-state index contributed by atoms with van der Waals surface area (Å²) in [4.78, 5) is 13.1. The Bertz CT molecular complexity index is 1200. The number of sulfonamides is 1. The van der Waals surface area contributed by atoms with Crippen LogP contribution in [-0.4, -0.2) is 41.3 Å². The highest BCUT2D eigenvalue weighted by Gasteiger charge is 2.26. The summed E-state index contributed by atoms with van der Waals surface area (Å²) in [5, 5.41) is 2.99. The van der Waals surface area contributed by atoms with Crippen LogP contribution in [-0.2, 0) is 14.8 Å². The number of nitrogens with zero attached hydrogens (tertiary/aromatic N) is 1. The van der Waals surface area contributed by atoms with E-state index in [0.717, 1.165) is 27.3 Å². The predicted octanol–water partition coefficient (Wildman–Crippen LogP) is 3.68. The van der Waals surface area contributed by atoms with Gasteiger partial charge in [0.05, 0.1) is 32.2 Å². The molecule has 0 spiro atoms. The number of nitrogens with one attached hydrogen (secondary N) is 1. The molecule has 8 heteroatoms. The van der Waals surface area contributed by atoms with Crippen LogP contribution < -0.4 is 19.1 Å². The molecule has 7 nitrogen and oxygen atoms in total. The Balaban J connectivity index is 1.92. The topological polar surface area (TPSA) is 84.9 Å². The van der Waals surface area contributed by atoms with Gasteiger partial charge in [-0.2, -0.15) is 0 Å². The molecule has 3 aromatic carbocycles. The minimum atomic E-state index is -3.78. The molecule has 0 aliphatic rings. The molecule has 0 bridgehead atoms. The lowest BCUT2D eigenvalue weighted by molar-refractivity contribution is -0.120. The molecule has 0 heterocycles. The molecular formula is C25H28N2O5S. The molecule has 1 amide bonds. The van der Waals surface area contributed by atoms with E-state index in [1.165, 1.54) is 14.2 Å². The number of hydrogen-bond acceptors (Lipinski definition) is 5. The van der Waals surface area contributed by atoms with Crippen molar-refractivity contribution in [3.63, 3.8) is 0 Å². The highest BCUT2D eigenvalue weighted by molar-refractivity contribution is 7.92. The van der Waals surface area contributed by atoms with Crippen molar-refractivity contribution in [2.75, 3.05) is 31.3 Å². The second-order valence-electron chi connectivity index (χ2n) is 7.63. The van der Waals surface area contributed by atoms with Crippen LogP contribution in [0.15, 0.2) is 72.8 Å². The standard InChI is InChI=1S/C25H28N2O5S/c1-18-10-12-20(13-11-18)25(19-8-6-5-7-9-19)26-24(28)17-27(33(4,29)30)22-15-14-21(31-2)16-23(22)32-3/h5-16,25H,17H2,1-4H3,(H,26,28)/t25-/m0/s1. The van der Waals surface area contributed by atoms with Crippen LogP contribution in [0.4, 0.5) is 5.69 Å². The van der Waals surface area contributed by atoms with Gasteiger partial charge in [-0.3, -0.25) is 9.10 Å². The molecule has 0 saturated heterocycles. The third-order valence-electron chi connectivity index (χ3n) is 5.19. The fourth-order valence-electron chi connectivity index (χ4n) is 3.47. The van der Waals surface area contributed by atoms with Crippen LogP contribution >= 0.6 is 0 Å². The Kier molecular flexibility index (Phi) is 7.60. The molecule has 0 fully saturated rings. The summed E-state index contributed by atoms with van der Waals surface area (Å²) in [6.45, 7) is 1.59. The van der Waals surface area contributed by atoms with Crippen LogP contribution in [0.1, 0.15) is 22.7 Å². The van der Waals surface area contributed by atoms with Gasteiger partial charge < -0.3 is 14.8 Å². The van der Waals surface area contributed by atoms with E-state index in [9.17, 15) is 13.2 Å². The largest absolute Gasteiger partial charge is 0.497 e. The summed E-state index contributed by atoms with van der Waals surface area (Å²) in [6.07, 6.45) is 1.05. The first-order valence-electron chi connectivity index (χ1n) is 10.3. The lowest BCUT2D eigenvalue weighted by atomic mass is 9.98. The monoisotopic (exact) mass is 468 g/mol. The fraction of sp³-hybridized carbons (Fsp3) is 0.240. The Morgan fingerprint density at radius 1 is 0.939 bits per heavy atom. The van der Waals surface area contributed by atoms with Gasteiger partial charge in [0.25, 0.3) is 0 Å². The predicted molar refractivity (Wildman–Crippen MR) is 129 cm³/mol. The number of hydrogen-bond donors (Lipinski definition) is 1. The third-order valence-corrected chi connectivity index (χ3v) is 6.32. The van der Waals surface area contributed by atoms with Crippen molar-refractivity contribution in [1.29, 1.82) is 0 Å². The van der Waals surface area contributed by atoms with Crippen molar-refractivity contribution < 1.29 is 22.7 Å². The first kappa shape index (κ1) is 24.1. The molecule has 0 aliphatic heterocycles. The molecule has 1 atom stereocenters. The molecule has 1 N–H and O–H groups in total. The van der Waals surface area contributed by atoms with Gasteiger partial charge in [-0.1, -0.05) is 60.2 Å². The van der Waals surface area contributed by atoms with Crippen LogP contribution in [0, 0.1) is 6.92 Å². The quantitative estimate of drug-likeness (QED) is 0.518. The van der Waals surface area contributed by atoms with Gasteiger partial charge in [0.1, 0.15) is 18.0 Å². The fourth-order valence-corrected chi connectivity index (χ4v) is 4.33. The summed E-state index contributed by atoms with van der Waals surface area (Å²) >= 11 is 0. The molecule has 0 radical (unpaired) electrons. The first-order chi connectivity index (χ1) is 15.7. The van der Waals surface area contributed by atoms with Crippen molar-refractivity contribution in [2.45, 2.75) is 13.0 Å². The van der Waals surface area contributed by atoms with Gasteiger partial charge in [-0.25, -0.2) is 8.42 Å². The number of ether oxygens (including phenoxy) is 2. The van der Waals surface area contributed by atoms with Crippen molar-refractivity contribution >= 4 is 21.6 Å². The summed E-state index contributed by atoms with van der Waals surface area (Å²) in [5.74, 6) is 0.343. The lowest BCUT2D eigenvalue weighted by Gasteiger charge is -2.26. The van der Waals surface area contributed by atoms with E-state index in [1.54, 1.807) is 18.2 Å². The summed E-state index contributed by atoms with van der Waals surface area (Å²) in [6, 6.07) is 21.7. The number of aryl methyl sites for hydroxylation is 1. The maximum absolute atomic E-state index is 13.1. The average Bonchev–Trinajstić information content (AvgIpc) is 2.81. The number of benzene rings is 3. The smallest absolute Gasteiger partial charge is 0.241 e. The van der Waals surface area contributed by atoms with Gasteiger partial charge >= 0.3 is 0 Å². The van der Waals surface area contributed by atoms with E-state index in [1.807, 2.05) is 61.5 Å². The Labute approximate surface area is 195 Å². The molecule has 174 valence electrons. The Morgan fingerprint density at radius 2 is 1.58 bits per heavy atom.